The molecule has 2 amide bonds. The van der Waals surface area contributed by atoms with E-state index >= 15 is 0 Å². The molecule has 1 saturated carbocycles. The number of nitrogens with zero attached hydrogens (tertiary/aromatic N) is 1. The molecule has 2 unspecified atom stereocenters. The molecule has 1 saturated heterocycles. The first-order valence-electron chi connectivity index (χ1n) is 5.28. The number of carbonyl (C=O) groups excluding carboxylic acids is 1. The van der Waals surface area contributed by atoms with Crippen molar-refractivity contribution in [1.82, 2.24) is 10.2 Å². The van der Waals surface area contributed by atoms with Crippen LogP contribution in [0.5, 0.6) is 0 Å². The fraction of sp³-hybridized carbons (Fsp3) is 0.700. The summed E-state index contributed by atoms with van der Waals surface area (Å²) in [6.07, 6.45) is 6.58. The van der Waals surface area contributed by atoms with Crippen LogP contribution in [-0.4, -0.2) is 29.6 Å². The fourth-order valence-electron chi connectivity index (χ4n) is 2.63. The van der Waals surface area contributed by atoms with Crippen LogP contribution in [-0.2, 0) is 4.74 Å². The second-order valence-electron chi connectivity index (χ2n) is 4.16. The van der Waals surface area contributed by atoms with Crippen molar-refractivity contribution < 1.29 is 9.53 Å². The lowest BCUT2D eigenvalue weighted by atomic mass is 9.90. The molecule has 1 N–H and O–H groups in total. The molecule has 2 atom stereocenters. The number of urea groups is 1. The standard InChI is InChI=1S/C10H14N2O2/c13-10-11-5-7-6-14-9-4-2-1-3-8(9)12(7)10/h6,8-9H,1-5H2,(H,11,13). The van der Waals surface area contributed by atoms with Gasteiger partial charge in [0.15, 0.2) is 0 Å². The van der Waals surface area contributed by atoms with Gasteiger partial charge in [0.1, 0.15) is 12.4 Å². The number of hydrogen-bond donors (Lipinski definition) is 1. The van der Waals surface area contributed by atoms with E-state index in [1.165, 1.54) is 12.8 Å². The van der Waals surface area contributed by atoms with E-state index in [1.807, 2.05) is 4.90 Å². The van der Waals surface area contributed by atoms with Gasteiger partial charge < -0.3 is 10.1 Å². The number of amides is 2. The van der Waals surface area contributed by atoms with E-state index < -0.39 is 0 Å². The van der Waals surface area contributed by atoms with Gasteiger partial charge in [0.05, 0.1) is 18.3 Å². The van der Waals surface area contributed by atoms with Crippen molar-refractivity contribution in [3.63, 3.8) is 0 Å². The van der Waals surface area contributed by atoms with Gasteiger partial charge >= 0.3 is 6.03 Å². The highest BCUT2D eigenvalue weighted by molar-refractivity contribution is 5.80. The van der Waals surface area contributed by atoms with Crippen LogP contribution in [0.3, 0.4) is 0 Å². The van der Waals surface area contributed by atoms with Crippen molar-refractivity contribution >= 4 is 6.03 Å². The first-order valence-corrected chi connectivity index (χ1v) is 5.28. The molecule has 4 heteroatoms. The molecule has 1 aliphatic carbocycles. The van der Waals surface area contributed by atoms with Gasteiger partial charge in [-0.3, -0.25) is 4.90 Å². The Morgan fingerprint density at radius 2 is 2.29 bits per heavy atom. The molecule has 0 radical (unpaired) electrons. The molecule has 76 valence electrons. The van der Waals surface area contributed by atoms with Crippen LogP contribution in [0.4, 0.5) is 4.79 Å². The fourth-order valence-corrected chi connectivity index (χ4v) is 2.63. The molecular formula is C10H14N2O2. The number of fused-ring (bicyclic) bond motifs is 3. The van der Waals surface area contributed by atoms with E-state index in [0.29, 0.717) is 6.54 Å². The lowest BCUT2D eigenvalue weighted by molar-refractivity contribution is 0.0159. The molecule has 4 nitrogen and oxygen atoms in total. The number of rotatable bonds is 0. The Bertz CT molecular complexity index is 300. The molecule has 0 aromatic heterocycles. The normalized spacial score (nSPS) is 35.3. The Balaban J connectivity index is 1.91. The first kappa shape index (κ1) is 8.15. The summed E-state index contributed by atoms with van der Waals surface area (Å²) in [4.78, 5) is 13.5. The topological polar surface area (TPSA) is 41.6 Å². The average molecular weight is 194 g/mol. The lowest BCUT2D eigenvalue weighted by Gasteiger charge is -2.40. The average Bonchev–Trinajstić information content (AvgIpc) is 2.61. The Morgan fingerprint density at radius 1 is 1.43 bits per heavy atom. The van der Waals surface area contributed by atoms with Gasteiger partial charge in [0.25, 0.3) is 0 Å². The highest BCUT2D eigenvalue weighted by atomic mass is 16.5. The first-order chi connectivity index (χ1) is 6.86. The number of hydrogen-bond acceptors (Lipinski definition) is 2. The SMILES string of the molecule is O=C1NCC2=COC3CCCCC3N12. The van der Waals surface area contributed by atoms with Crippen molar-refractivity contribution in [3.05, 3.63) is 12.0 Å². The highest BCUT2D eigenvalue weighted by Crippen LogP contribution is 2.33. The van der Waals surface area contributed by atoms with Crippen molar-refractivity contribution in [2.24, 2.45) is 0 Å². The van der Waals surface area contributed by atoms with E-state index in [-0.39, 0.29) is 18.2 Å². The molecule has 3 rings (SSSR count). The quantitative estimate of drug-likeness (QED) is 0.629. The minimum absolute atomic E-state index is 0.0523. The third kappa shape index (κ3) is 1.03. The summed E-state index contributed by atoms with van der Waals surface area (Å²) in [5.74, 6) is 0. The highest BCUT2D eigenvalue weighted by Gasteiger charge is 2.41. The predicted molar refractivity (Wildman–Crippen MR) is 50.4 cm³/mol. The molecular weight excluding hydrogens is 180 g/mol. The van der Waals surface area contributed by atoms with Crippen molar-refractivity contribution in [2.75, 3.05) is 6.54 Å². The molecule has 2 heterocycles. The maximum absolute atomic E-state index is 11.6. The van der Waals surface area contributed by atoms with Crippen LogP contribution in [0.25, 0.3) is 0 Å². The minimum atomic E-state index is 0.0523. The summed E-state index contributed by atoms with van der Waals surface area (Å²) in [6, 6.07) is 0.336. The zero-order valence-electron chi connectivity index (χ0n) is 8.03. The van der Waals surface area contributed by atoms with E-state index in [9.17, 15) is 4.79 Å². The van der Waals surface area contributed by atoms with E-state index in [1.54, 1.807) is 6.26 Å². The zero-order valence-corrected chi connectivity index (χ0v) is 8.03. The molecule has 2 fully saturated rings. The van der Waals surface area contributed by atoms with Crippen LogP contribution < -0.4 is 5.32 Å². The van der Waals surface area contributed by atoms with Crippen molar-refractivity contribution in [2.45, 2.75) is 37.8 Å². The molecule has 14 heavy (non-hydrogen) atoms. The minimum Gasteiger partial charge on any atom is -0.494 e. The Morgan fingerprint density at radius 3 is 3.21 bits per heavy atom. The molecule has 3 aliphatic rings. The van der Waals surface area contributed by atoms with Gasteiger partial charge in [-0.05, 0) is 19.3 Å². The summed E-state index contributed by atoms with van der Waals surface area (Å²) >= 11 is 0. The van der Waals surface area contributed by atoms with Gasteiger partial charge in [-0.1, -0.05) is 6.42 Å². The third-order valence-corrected chi connectivity index (χ3v) is 3.33. The van der Waals surface area contributed by atoms with Gasteiger partial charge in [0.2, 0.25) is 0 Å². The summed E-state index contributed by atoms with van der Waals surface area (Å²) < 4.78 is 5.65. The second kappa shape index (κ2) is 2.90. The Kier molecular flexibility index (Phi) is 1.69. The molecule has 0 aromatic rings. The van der Waals surface area contributed by atoms with Crippen LogP contribution in [0.15, 0.2) is 12.0 Å². The maximum atomic E-state index is 11.6. The molecule has 2 aliphatic heterocycles. The van der Waals surface area contributed by atoms with Crippen molar-refractivity contribution in [3.8, 4) is 0 Å². The summed E-state index contributed by atoms with van der Waals surface area (Å²) in [7, 11) is 0. The zero-order chi connectivity index (χ0) is 9.54. The largest absolute Gasteiger partial charge is 0.494 e. The number of ether oxygens (including phenoxy) is 1. The second-order valence-corrected chi connectivity index (χ2v) is 4.16. The van der Waals surface area contributed by atoms with Crippen LogP contribution >= 0.6 is 0 Å². The van der Waals surface area contributed by atoms with Gasteiger partial charge in [-0.15, -0.1) is 0 Å². The van der Waals surface area contributed by atoms with Gasteiger partial charge in [0, 0.05) is 0 Å². The van der Waals surface area contributed by atoms with E-state index in [2.05, 4.69) is 5.32 Å². The monoisotopic (exact) mass is 194 g/mol. The van der Waals surface area contributed by atoms with Crippen LogP contribution in [0, 0.1) is 0 Å². The lowest BCUT2D eigenvalue weighted by Crippen LogP contribution is -2.49. The Labute approximate surface area is 82.9 Å². The Hall–Kier alpha value is -1.19. The number of nitrogens with one attached hydrogen (secondary N) is 1. The summed E-state index contributed by atoms with van der Waals surface area (Å²) in [5, 5.41) is 2.83. The van der Waals surface area contributed by atoms with E-state index in [0.717, 1.165) is 18.5 Å². The van der Waals surface area contributed by atoms with Crippen LogP contribution in [0.2, 0.25) is 0 Å². The molecule has 0 aromatic carbocycles. The molecule has 0 bridgehead atoms. The van der Waals surface area contributed by atoms with Crippen molar-refractivity contribution in [1.29, 1.82) is 0 Å². The van der Waals surface area contributed by atoms with Gasteiger partial charge in [-0.25, -0.2) is 4.79 Å². The summed E-state index contributed by atoms with van der Waals surface area (Å²) in [5.41, 5.74) is 0.998. The van der Waals surface area contributed by atoms with Crippen LogP contribution in [0.1, 0.15) is 25.7 Å². The molecule has 0 spiro atoms. The maximum Gasteiger partial charge on any atom is 0.322 e. The third-order valence-electron chi connectivity index (χ3n) is 3.33. The summed E-state index contributed by atoms with van der Waals surface area (Å²) in [6.45, 7) is 0.627. The predicted octanol–water partition coefficient (Wildman–Crippen LogP) is 1.19. The van der Waals surface area contributed by atoms with Gasteiger partial charge in [-0.2, -0.15) is 0 Å². The number of carbonyl (C=O) groups is 1. The smallest absolute Gasteiger partial charge is 0.322 e. The van der Waals surface area contributed by atoms with E-state index in [4.69, 9.17) is 4.74 Å².